The fourth-order valence-electron chi connectivity index (χ4n) is 2.09. The summed E-state index contributed by atoms with van der Waals surface area (Å²) < 4.78 is 0. The van der Waals surface area contributed by atoms with Crippen LogP contribution in [0.3, 0.4) is 0 Å². The van der Waals surface area contributed by atoms with E-state index in [9.17, 15) is 10.2 Å². The second-order valence-corrected chi connectivity index (χ2v) is 5.33. The van der Waals surface area contributed by atoms with Crippen LogP contribution in [-0.4, -0.2) is 22.4 Å². The molecule has 0 saturated carbocycles. The van der Waals surface area contributed by atoms with Gasteiger partial charge < -0.3 is 10.2 Å². The zero-order valence-electron chi connectivity index (χ0n) is 10.8. The first-order chi connectivity index (χ1) is 8.50. The lowest BCUT2D eigenvalue weighted by molar-refractivity contribution is -0.00138. The van der Waals surface area contributed by atoms with Gasteiger partial charge in [-0.15, -0.1) is 0 Å². The van der Waals surface area contributed by atoms with Gasteiger partial charge in [-0.05, 0) is 44.8 Å². The first kappa shape index (κ1) is 13.0. The van der Waals surface area contributed by atoms with Crippen molar-refractivity contribution in [3.8, 4) is 23.7 Å². The molecule has 2 heteroatoms. The number of rotatable bonds is 0. The van der Waals surface area contributed by atoms with Crippen LogP contribution in [0.1, 0.15) is 33.1 Å². The number of aliphatic hydroxyl groups excluding tert-OH is 2. The minimum absolute atomic E-state index is 0.666. The van der Waals surface area contributed by atoms with E-state index in [2.05, 4.69) is 29.8 Å². The molecule has 0 radical (unpaired) electrons. The molecular weight excluding hydrogens is 224 g/mol. The number of hydrogen-bond donors (Lipinski definition) is 2. The molecule has 0 bridgehead atoms. The summed E-state index contributed by atoms with van der Waals surface area (Å²) in [6, 6.07) is 0. The Balaban J connectivity index is 2.46. The van der Waals surface area contributed by atoms with E-state index in [1.54, 1.807) is 0 Å². The van der Waals surface area contributed by atoms with Crippen molar-refractivity contribution in [1.29, 1.82) is 0 Å². The third kappa shape index (κ3) is 2.67. The van der Waals surface area contributed by atoms with Crippen LogP contribution in [0.4, 0.5) is 0 Å². The van der Waals surface area contributed by atoms with E-state index < -0.39 is 17.6 Å². The molecule has 2 aliphatic rings. The van der Waals surface area contributed by atoms with E-state index in [0.29, 0.717) is 0 Å². The summed E-state index contributed by atoms with van der Waals surface area (Å²) in [6.07, 6.45) is 5.07. The first-order valence-electron chi connectivity index (χ1n) is 6.30. The standard InChI is InChI=1S/C16H18O2/c1-16(2)11-5-8-12-6-3-4-7-13(12)9-10-14(17)15(16)18/h7-8,14-15,17-18H,3-4,6H2,1-2H3/b12-8-. The van der Waals surface area contributed by atoms with Gasteiger partial charge in [-0.3, -0.25) is 0 Å². The zero-order valence-corrected chi connectivity index (χ0v) is 10.8. The Labute approximate surface area is 108 Å². The highest BCUT2D eigenvalue weighted by Gasteiger charge is 2.31. The lowest BCUT2D eigenvalue weighted by Crippen LogP contribution is -2.38. The Hall–Kier alpha value is -1.48. The summed E-state index contributed by atoms with van der Waals surface area (Å²) >= 11 is 0. The molecule has 2 nitrogen and oxygen atoms in total. The molecule has 0 heterocycles. The van der Waals surface area contributed by atoms with Crippen molar-refractivity contribution < 1.29 is 10.2 Å². The van der Waals surface area contributed by atoms with Gasteiger partial charge in [0.2, 0.25) is 0 Å². The minimum Gasteiger partial charge on any atom is -0.388 e. The van der Waals surface area contributed by atoms with E-state index in [1.165, 1.54) is 0 Å². The van der Waals surface area contributed by atoms with E-state index in [0.717, 1.165) is 30.4 Å². The van der Waals surface area contributed by atoms with Crippen LogP contribution < -0.4 is 0 Å². The van der Waals surface area contributed by atoms with E-state index in [-0.39, 0.29) is 0 Å². The van der Waals surface area contributed by atoms with E-state index in [4.69, 9.17) is 0 Å². The van der Waals surface area contributed by atoms with Crippen molar-refractivity contribution in [3.63, 3.8) is 0 Å². The van der Waals surface area contributed by atoms with Crippen LogP contribution in [0.2, 0.25) is 0 Å². The average molecular weight is 242 g/mol. The maximum atomic E-state index is 10.0. The van der Waals surface area contributed by atoms with Crippen molar-refractivity contribution >= 4 is 0 Å². The quantitative estimate of drug-likeness (QED) is 0.636. The normalized spacial score (nSPS) is 32.4. The summed E-state index contributed by atoms with van der Waals surface area (Å²) in [7, 11) is 0. The van der Waals surface area contributed by atoms with Crippen LogP contribution >= 0.6 is 0 Å². The third-order valence-corrected chi connectivity index (χ3v) is 3.38. The molecule has 18 heavy (non-hydrogen) atoms. The van der Waals surface area contributed by atoms with Crippen LogP contribution in [0.5, 0.6) is 0 Å². The molecule has 0 saturated heterocycles. The number of aliphatic hydroxyl groups is 2. The van der Waals surface area contributed by atoms with Crippen molar-refractivity contribution in [2.45, 2.75) is 45.3 Å². The van der Waals surface area contributed by atoms with Gasteiger partial charge in [0.25, 0.3) is 0 Å². The van der Waals surface area contributed by atoms with Gasteiger partial charge in [0.1, 0.15) is 12.2 Å². The Morgan fingerprint density at radius 3 is 2.89 bits per heavy atom. The Morgan fingerprint density at radius 2 is 2.11 bits per heavy atom. The molecular formula is C16H18O2. The monoisotopic (exact) mass is 242 g/mol. The molecule has 2 aliphatic carbocycles. The van der Waals surface area contributed by atoms with Gasteiger partial charge in [-0.25, -0.2) is 0 Å². The van der Waals surface area contributed by atoms with Gasteiger partial charge in [-0.1, -0.05) is 29.8 Å². The van der Waals surface area contributed by atoms with Crippen LogP contribution in [0, 0.1) is 29.1 Å². The predicted molar refractivity (Wildman–Crippen MR) is 71.4 cm³/mol. The molecule has 0 aromatic carbocycles. The van der Waals surface area contributed by atoms with Crippen molar-refractivity contribution in [1.82, 2.24) is 0 Å². The van der Waals surface area contributed by atoms with Crippen LogP contribution in [-0.2, 0) is 0 Å². The summed E-state index contributed by atoms with van der Waals surface area (Å²) in [5, 5.41) is 19.9. The molecule has 2 rings (SSSR count). The van der Waals surface area contributed by atoms with Gasteiger partial charge in [0.15, 0.2) is 0 Å². The SMILES string of the molecule is CC1(C)C#C/C=C2/CCCC=C2C#CC(O)C1O. The van der Waals surface area contributed by atoms with Crippen LogP contribution in [0.15, 0.2) is 23.3 Å². The minimum atomic E-state index is -1.06. The molecule has 0 spiro atoms. The highest BCUT2D eigenvalue weighted by atomic mass is 16.3. The van der Waals surface area contributed by atoms with Gasteiger partial charge in [0, 0.05) is 5.57 Å². The molecule has 0 aromatic rings. The topological polar surface area (TPSA) is 40.5 Å². The summed E-state index contributed by atoms with van der Waals surface area (Å²) in [5.74, 6) is 11.7. The molecule has 0 aromatic heterocycles. The average Bonchev–Trinajstić information content (AvgIpc) is 2.35. The summed E-state index contributed by atoms with van der Waals surface area (Å²) in [4.78, 5) is 0. The number of fused-ring (bicyclic) bond motifs is 1. The maximum absolute atomic E-state index is 10.0. The molecule has 0 fully saturated rings. The zero-order chi connectivity index (χ0) is 13.2. The summed E-state index contributed by atoms with van der Waals surface area (Å²) in [5.41, 5.74) is 1.42. The summed E-state index contributed by atoms with van der Waals surface area (Å²) in [6.45, 7) is 3.63. The molecule has 2 atom stereocenters. The number of allylic oxidation sites excluding steroid dienone is 4. The van der Waals surface area contributed by atoms with Gasteiger partial charge >= 0.3 is 0 Å². The van der Waals surface area contributed by atoms with Crippen LogP contribution in [0.25, 0.3) is 0 Å². The first-order valence-corrected chi connectivity index (χ1v) is 6.30. The number of hydrogen-bond acceptors (Lipinski definition) is 2. The highest BCUT2D eigenvalue weighted by Crippen LogP contribution is 2.26. The van der Waals surface area contributed by atoms with Gasteiger partial charge in [0.05, 0.1) is 5.41 Å². The molecule has 2 unspecified atom stereocenters. The van der Waals surface area contributed by atoms with Crippen molar-refractivity contribution in [2.75, 3.05) is 0 Å². The van der Waals surface area contributed by atoms with Crippen molar-refractivity contribution in [2.24, 2.45) is 5.41 Å². The molecule has 0 amide bonds. The molecule has 0 aliphatic heterocycles. The largest absolute Gasteiger partial charge is 0.388 e. The molecule has 2 N–H and O–H groups in total. The fraction of sp³-hybridized carbons (Fsp3) is 0.500. The fourth-order valence-corrected chi connectivity index (χ4v) is 2.09. The van der Waals surface area contributed by atoms with Crippen molar-refractivity contribution in [3.05, 3.63) is 23.3 Å². The third-order valence-electron chi connectivity index (χ3n) is 3.38. The van der Waals surface area contributed by atoms with E-state index >= 15 is 0 Å². The molecule has 94 valence electrons. The predicted octanol–water partition coefficient (Wildman–Crippen LogP) is 1.79. The lowest BCUT2D eigenvalue weighted by Gasteiger charge is -2.26. The lowest BCUT2D eigenvalue weighted by atomic mass is 9.83. The Morgan fingerprint density at radius 1 is 1.33 bits per heavy atom. The Kier molecular flexibility index (Phi) is 3.62. The Bertz CT molecular complexity index is 515. The highest BCUT2D eigenvalue weighted by molar-refractivity contribution is 5.50. The second-order valence-electron chi connectivity index (χ2n) is 5.33. The van der Waals surface area contributed by atoms with E-state index in [1.807, 2.05) is 19.9 Å². The second kappa shape index (κ2) is 5.02. The maximum Gasteiger partial charge on any atom is 0.142 e. The smallest absolute Gasteiger partial charge is 0.142 e. The van der Waals surface area contributed by atoms with Gasteiger partial charge in [-0.2, -0.15) is 0 Å².